The van der Waals surface area contributed by atoms with Crippen LogP contribution in [0.25, 0.3) is 0 Å². The van der Waals surface area contributed by atoms with Crippen LogP contribution in [0.15, 0.2) is 91.0 Å². The molecule has 3 rings (SSSR count). The minimum atomic E-state index is -1.78. The summed E-state index contributed by atoms with van der Waals surface area (Å²) in [6.45, 7) is 6.04. The smallest absolute Gasteiger partial charge is 0.408 e. The molecule has 0 unspecified atom stereocenters. The summed E-state index contributed by atoms with van der Waals surface area (Å²) in [6, 6.07) is 26.5. The summed E-state index contributed by atoms with van der Waals surface area (Å²) in [6.07, 6.45) is -0.801. The van der Waals surface area contributed by atoms with Gasteiger partial charge in [0.05, 0.1) is 7.11 Å². The fourth-order valence-electron chi connectivity index (χ4n) is 4.09. The molecule has 3 N–H and O–H groups in total. The van der Waals surface area contributed by atoms with E-state index < -0.39 is 40.5 Å². The summed E-state index contributed by atoms with van der Waals surface area (Å²) < 4.78 is 10.2. The molecule has 9 heteroatoms. The van der Waals surface area contributed by atoms with Crippen molar-refractivity contribution in [1.29, 1.82) is 0 Å². The lowest BCUT2D eigenvalue weighted by Crippen LogP contribution is -2.66. The number of carbonyl (C=O) groups is 4. The molecule has 0 spiro atoms. The Morgan fingerprint density at radius 3 is 1.57 bits per heavy atom. The fourth-order valence-corrected chi connectivity index (χ4v) is 4.09. The molecule has 0 fully saturated rings. The number of benzene rings is 3. The van der Waals surface area contributed by atoms with Crippen molar-refractivity contribution in [3.05, 3.63) is 108 Å². The second-order valence-electron chi connectivity index (χ2n) is 10.3. The Kier molecular flexibility index (Phi) is 9.31. The van der Waals surface area contributed by atoms with E-state index in [0.29, 0.717) is 11.1 Å². The Labute approximate surface area is 234 Å². The molecule has 0 aromatic heterocycles. The SMILES string of the molecule is COC(=O)C(C)(C)NC(=O)C(NC(=O)C(C)(C)NC(=O)OCc1ccccc1)(c1ccccc1)c1ccccc1. The molecule has 0 bridgehead atoms. The molecule has 40 heavy (non-hydrogen) atoms. The number of rotatable bonds is 10. The summed E-state index contributed by atoms with van der Waals surface area (Å²) in [7, 11) is 1.23. The monoisotopic (exact) mass is 545 g/mol. The van der Waals surface area contributed by atoms with Crippen LogP contribution in [0.3, 0.4) is 0 Å². The van der Waals surface area contributed by atoms with Crippen molar-refractivity contribution in [3.63, 3.8) is 0 Å². The average Bonchev–Trinajstić information content (AvgIpc) is 2.95. The highest BCUT2D eigenvalue weighted by Gasteiger charge is 2.48. The Morgan fingerprint density at radius 1 is 0.625 bits per heavy atom. The van der Waals surface area contributed by atoms with Gasteiger partial charge < -0.3 is 25.4 Å². The lowest BCUT2D eigenvalue weighted by molar-refractivity contribution is -0.150. The van der Waals surface area contributed by atoms with Crippen LogP contribution in [0.2, 0.25) is 0 Å². The molecule has 210 valence electrons. The first-order valence-electron chi connectivity index (χ1n) is 12.8. The quantitative estimate of drug-likeness (QED) is 0.333. The first kappa shape index (κ1) is 29.9. The lowest BCUT2D eigenvalue weighted by atomic mass is 9.80. The molecule has 9 nitrogen and oxygen atoms in total. The predicted molar refractivity (Wildman–Crippen MR) is 150 cm³/mol. The van der Waals surface area contributed by atoms with Crippen LogP contribution < -0.4 is 16.0 Å². The van der Waals surface area contributed by atoms with Crippen LogP contribution >= 0.6 is 0 Å². The molecular weight excluding hydrogens is 510 g/mol. The number of carbonyl (C=O) groups excluding carboxylic acids is 4. The van der Waals surface area contributed by atoms with Crippen molar-refractivity contribution in [1.82, 2.24) is 16.0 Å². The maximum atomic E-state index is 14.2. The van der Waals surface area contributed by atoms with Crippen molar-refractivity contribution in [2.75, 3.05) is 7.11 Å². The van der Waals surface area contributed by atoms with Gasteiger partial charge in [-0.1, -0.05) is 91.0 Å². The van der Waals surface area contributed by atoms with Crippen molar-refractivity contribution in [3.8, 4) is 0 Å². The van der Waals surface area contributed by atoms with E-state index in [1.54, 1.807) is 60.7 Å². The minimum Gasteiger partial charge on any atom is -0.467 e. The van der Waals surface area contributed by atoms with E-state index in [0.717, 1.165) is 5.56 Å². The van der Waals surface area contributed by atoms with Gasteiger partial charge in [-0.25, -0.2) is 9.59 Å². The van der Waals surface area contributed by atoms with E-state index in [2.05, 4.69) is 16.0 Å². The highest BCUT2D eigenvalue weighted by molar-refractivity contribution is 6.00. The zero-order valence-corrected chi connectivity index (χ0v) is 23.3. The van der Waals surface area contributed by atoms with E-state index in [-0.39, 0.29) is 6.61 Å². The summed E-state index contributed by atoms with van der Waals surface area (Å²) in [5.41, 5.74) is -3.03. The third kappa shape index (κ3) is 6.85. The zero-order chi connectivity index (χ0) is 29.4. The van der Waals surface area contributed by atoms with Crippen LogP contribution in [-0.4, -0.2) is 42.1 Å². The fraction of sp³-hybridized carbons (Fsp3) is 0.290. The number of hydrogen-bond acceptors (Lipinski definition) is 6. The molecule has 0 radical (unpaired) electrons. The number of hydrogen-bond donors (Lipinski definition) is 3. The maximum Gasteiger partial charge on any atom is 0.408 e. The minimum absolute atomic E-state index is 0.0212. The predicted octanol–water partition coefficient (Wildman–Crippen LogP) is 3.82. The molecule has 3 amide bonds. The average molecular weight is 546 g/mol. The highest BCUT2D eigenvalue weighted by Crippen LogP contribution is 2.32. The van der Waals surface area contributed by atoms with Crippen molar-refractivity contribution in [2.45, 2.75) is 50.9 Å². The van der Waals surface area contributed by atoms with Gasteiger partial charge in [0.25, 0.3) is 5.91 Å². The van der Waals surface area contributed by atoms with Crippen molar-refractivity contribution >= 4 is 23.9 Å². The Bertz CT molecular complexity index is 1290. The van der Waals surface area contributed by atoms with Crippen LogP contribution in [0.1, 0.15) is 44.4 Å². The molecule has 3 aromatic rings. The molecule has 3 aromatic carbocycles. The van der Waals surface area contributed by atoms with Gasteiger partial charge in [0.2, 0.25) is 5.91 Å². The second-order valence-corrected chi connectivity index (χ2v) is 10.3. The standard InChI is InChI=1S/C31H35N3O6/c1-29(2,34-28(38)40-21-22-15-9-6-10-16-22)25(35)33-31(23-17-11-7-12-18-23,24-19-13-8-14-20-24)26(36)32-30(3,4)27(37)39-5/h6-20H,21H2,1-5H3,(H,32,36)(H,33,35)(H,34,38). The van der Waals surface area contributed by atoms with E-state index in [9.17, 15) is 19.2 Å². The number of nitrogens with one attached hydrogen (secondary N) is 3. The molecule has 0 aliphatic carbocycles. The van der Waals surface area contributed by atoms with Gasteiger partial charge in [0, 0.05) is 0 Å². The highest BCUT2D eigenvalue weighted by atomic mass is 16.5. The van der Waals surface area contributed by atoms with Crippen LogP contribution in [0, 0.1) is 0 Å². The molecular formula is C31H35N3O6. The third-order valence-electron chi connectivity index (χ3n) is 6.37. The summed E-state index contributed by atoms with van der Waals surface area (Å²) in [5.74, 6) is -2.00. The normalized spacial score (nSPS) is 11.6. The molecule has 0 saturated heterocycles. The maximum absolute atomic E-state index is 14.2. The third-order valence-corrected chi connectivity index (χ3v) is 6.37. The Balaban J connectivity index is 1.98. The largest absolute Gasteiger partial charge is 0.467 e. The van der Waals surface area contributed by atoms with Gasteiger partial charge >= 0.3 is 12.1 Å². The van der Waals surface area contributed by atoms with E-state index >= 15 is 0 Å². The molecule has 0 heterocycles. The van der Waals surface area contributed by atoms with E-state index in [4.69, 9.17) is 9.47 Å². The lowest BCUT2D eigenvalue weighted by Gasteiger charge is -2.39. The summed E-state index contributed by atoms with van der Waals surface area (Å²) in [4.78, 5) is 53.1. The van der Waals surface area contributed by atoms with E-state index in [1.165, 1.54) is 34.8 Å². The molecule has 0 aliphatic heterocycles. The molecule has 0 saturated carbocycles. The molecule has 0 atom stereocenters. The number of alkyl carbamates (subject to hydrolysis) is 1. The van der Waals surface area contributed by atoms with Crippen LogP contribution in [0.4, 0.5) is 4.79 Å². The van der Waals surface area contributed by atoms with Gasteiger partial charge in [-0.05, 0) is 44.4 Å². The Hall–Kier alpha value is -4.66. The van der Waals surface area contributed by atoms with Gasteiger partial charge in [0.15, 0.2) is 5.54 Å². The van der Waals surface area contributed by atoms with Crippen molar-refractivity contribution < 1.29 is 28.7 Å². The number of ether oxygens (including phenoxy) is 2. The number of amides is 3. The number of esters is 1. The van der Waals surface area contributed by atoms with Gasteiger partial charge in [-0.3, -0.25) is 9.59 Å². The zero-order valence-electron chi connectivity index (χ0n) is 23.3. The first-order chi connectivity index (χ1) is 18.9. The summed E-state index contributed by atoms with van der Waals surface area (Å²) >= 11 is 0. The van der Waals surface area contributed by atoms with Gasteiger partial charge in [0.1, 0.15) is 17.7 Å². The molecule has 0 aliphatic rings. The number of methoxy groups -OCH3 is 1. The summed E-state index contributed by atoms with van der Waals surface area (Å²) in [5, 5.41) is 8.22. The first-order valence-corrected chi connectivity index (χ1v) is 12.8. The van der Waals surface area contributed by atoms with Gasteiger partial charge in [-0.2, -0.15) is 0 Å². The van der Waals surface area contributed by atoms with E-state index in [1.807, 2.05) is 30.3 Å². The van der Waals surface area contributed by atoms with Crippen molar-refractivity contribution in [2.24, 2.45) is 0 Å². The Morgan fingerprint density at radius 2 is 1.10 bits per heavy atom. The van der Waals surface area contributed by atoms with Crippen LogP contribution in [0.5, 0.6) is 0 Å². The van der Waals surface area contributed by atoms with Crippen LogP contribution in [-0.2, 0) is 36.0 Å². The topological polar surface area (TPSA) is 123 Å². The van der Waals surface area contributed by atoms with Gasteiger partial charge in [-0.15, -0.1) is 0 Å². The second kappa shape index (κ2) is 12.5.